The van der Waals surface area contributed by atoms with E-state index in [1.807, 2.05) is 80.7 Å². The number of hydrogen-bond acceptors (Lipinski definition) is 14. The van der Waals surface area contributed by atoms with Gasteiger partial charge in [0.05, 0.1) is 79.7 Å². The summed E-state index contributed by atoms with van der Waals surface area (Å²) in [5.74, 6) is 28.1. The predicted molar refractivity (Wildman–Crippen MR) is 610 cm³/mol. The molecule has 0 amide bonds. The van der Waals surface area contributed by atoms with Crippen LogP contribution in [0.3, 0.4) is 0 Å². The van der Waals surface area contributed by atoms with Gasteiger partial charge in [-0.3, -0.25) is 44.2 Å². The summed E-state index contributed by atoms with van der Waals surface area (Å²) in [5.41, 5.74) is 17.6. The van der Waals surface area contributed by atoms with E-state index in [0.29, 0.717) is 18.4 Å². The minimum Gasteiger partial charge on any atom is -0.379 e. The first-order chi connectivity index (χ1) is 65.9. The van der Waals surface area contributed by atoms with Crippen molar-refractivity contribution < 1.29 is 19.0 Å². The van der Waals surface area contributed by atoms with E-state index in [0.717, 1.165) is 79.6 Å². The maximum Gasteiger partial charge on any atom is 0.159 e. The first kappa shape index (κ1) is 127. The molecule has 7 aromatic rings. The fourth-order valence-corrected chi connectivity index (χ4v) is 15.4. The number of ketones is 1. The van der Waals surface area contributed by atoms with E-state index >= 15 is 0 Å². The number of ether oxygens (including phenoxy) is 3. The predicted octanol–water partition coefficient (Wildman–Crippen LogP) is 29.1. The standard InChI is InChI=1S/C16H25N.C15H25N.C14H20O.2C12H21N.C12H16O.C11H17NO.C10H16O.2C9H14N2.C8H14N2/c1-16(2,3)15-9-7-14(8-10-15)13-17-11-5-4-6-12-17;1-15(2,3)10-7-13-8-11-16(12-9-13)14-5-4-6-14;1-13(2,3)11-5-7-12(8-6-11)14(4)9-15-10-14;1-12(2,3)8-5-11-6-9-13(4)10-7-11;1-12(2,3)8-7-11-13-9-5-4-6-10-13;1-9(13)10-5-7-11(8-6-10)12(2,3)4;1-11(2,3)9-5-6-10(8-13-4)12-7-9;1-9(2,3)5-6-10(4)7-11-8-10;2*1-7-5-11-8(6-10-7)9(2,3)4;1-8(2,3)7-5-9-10(4)6-7/h7-10H,4-6,11-13H2,1-3H3;13-14H,4-6,8-9,11-12H2,1-3H3;5-8H,9-10H2,1-4H3;11H,6-7,9-10H2,1-4H3;4-6,9-11H2,1-3H3;5-8H,1-4H3;5-7H,8H2,1-4H3;7-8H2,1-4H3;2*5-6H,1-4H3;5-6H,1-4H3. The Morgan fingerprint density at radius 1 is 0.406 bits per heavy atom. The number of Topliss-reactive ketones (excluding diaryl/α,β-unsaturated/α-hetero) is 1. The average molecular weight is 1960 g/mol. The van der Waals surface area contributed by atoms with E-state index in [2.05, 4.69) is 407 Å². The third kappa shape index (κ3) is 53.8. The van der Waals surface area contributed by atoms with Crippen molar-refractivity contribution in [3.63, 3.8) is 0 Å². The van der Waals surface area contributed by atoms with Crippen LogP contribution in [-0.2, 0) is 77.7 Å². The number of rotatable bonds is 8. The molecule has 0 N–H and O–H groups in total. The molecule has 10 heterocycles. The van der Waals surface area contributed by atoms with Crippen LogP contribution in [0, 0.1) is 100 Å². The lowest BCUT2D eigenvalue weighted by Crippen LogP contribution is -2.44. The largest absolute Gasteiger partial charge is 0.379 e. The van der Waals surface area contributed by atoms with Gasteiger partial charge in [-0.1, -0.05) is 298 Å². The Kier molecular flexibility index (Phi) is 51.5. The zero-order valence-electron chi connectivity index (χ0n) is 98.7. The van der Waals surface area contributed by atoms with Crippen LogP contribution < -0.4 is 0 Å². The summed E-state index contributed by atoms with van der Waals surface area (Å²) >= 11 is 0. The van der Waals surface area contributed by atoms with Crippen LogP contribution in [0.25, 0.3) is 0 Å². The lowest BCUT2D eigenvalue weighted by molar-refractivity contribution is -0.0649. The number of pyridine rings is 1. The Bertz CT molecular complexity index is 4960. The highest BCUT2D eigenvalue weighted by Crippen LogP contribution is 2.36. The summed E-state index contributed by atoms with van der Waals surface area (Å²) in [6.07, 6.45) is 30.9. The second-order valence-electron chi connectivity index (χ2n) is 53.0. The number of piperidine rings is 4. The number of nitrogens with zero attached hydrogens (tertiary/aromatic N) is 11. The SMILES string of the molecule is CC(=O)c1ccc(C(C)(C)C)cc1.CC(C)(C)C#CC1(C)COC1.CC(C)(C)C#CC1CCN(C2CCC2)CC1.CC(C)(C)C#CCN1CCCCC1.CC(C)(C)c1ccc(C2(C)COC2)cc1.CC(C)(C)c1ccc(CN2CCCCC2)cc1.CN1CCC(C#CC(C)(C)C)CC1.COCc1ccc(C(C)(C)C)cn1.Cc1cnc(C(C)(C)C)cn1.Cc1cnc(C(C)(C)C)cn1.Cn1cc(C(C)(C)C)cn1. The van der Waals surface area contributed by atoms with Crippen molar-refractivity contribution in [1.82, 2.24) is 54.3 Å². The Morgan fingerprint density at radius 3 is 1.12 bits per heavy atom. The normalized spacial score (nSPS) is 17.0. The van der Waals surface area contributed by atoms with Crippen molar-refractivity contribution in [2.24, 2.45) is 46.0 Å². The molecule has 0 bridgehead atoms. The molecule has 15 heteroatoms. The third-order valence-corrected chi connectivity index (χ3v) is 25.7. The van der Waals surface area contributed by atoms with Crippen LogP contribution in [-0.4, -0.2) is 166 Å². The first-order valence-electron chi connectivity index (χ1n) is 53.9. The molecule has 6 saturated heterocycles. The molecule has 1 aliphatic carbocycles. The van der Waals surface area contributed by atoms with E-state index in [4.69, 9.17) is 14.2 Å². The van der Waals surface area contributed by atoms with Gasteiger partial charge in [0.2, 0.25) is 0 Å². The number of methoxy groups -OCH3 is 1. The number of aromatic nitrogens is 7. The smallest absolute Gasteiger partial charge is 0.159 e. The number of carbonyl (C=O) groups excluding carboxylic acids is 1. The minimum absolute atomic E-state index is 0.112. The van der Waals surface area contributed by atoms with Gasteiger partial charge < -0.3 is 24.0 Å². The molecular weight excluding hydrogens is 1760 g/mol. The zero-order chi connectivity index (χ0) is 108. The van der Waals surface area contributed by atoms with Gasteiger partial charge in [-0.05, 0) is 306 Å². The molecule has 14 rings (SSSR count). The van der Waals surface area contributed by atoms with Gasteiger partial charge >= 0.3 is 0 Å². The summed E-state index contributed by atoms with van der Waals surface area (Å²) in [7, 11) is 5.81. The summed E-state index contributed by atoms with van der Waals surface area (Å²) < 4.78 is 17.2. The molecule has 0 atom stereocenters. The van der Waals surface area contributed by atoms with Gasteiger partial charge in [0.1, 0.15) is 0 Å². The quantitative estimate of drug-likeness (QED) is 0.105. The Balaban J connectivity index is 0.000000329. The Labute approximate surface area is 876 Å². The maximum absolute atomic E-state index is 11.0. The highest BCUT2D eigenvalue weighted by Gasteiger charge is 2.36. The van der Waals surface area contributed by atoms with E-state index < -0.39 is 0 Å². The fourth-order valence-electron chi connectivity index (χ4n) is 15.4. The molecule has 7 fully saturated rings. The van der Waals surface area contributed by atoms with E-state index in [9.17, 15) is 4.79 Å². The molecular formula is C128H203N11O4. The summed E-state index contributed by atoms with van der Waals surface area (Å²) in [6.45, 7) is 97.9. The molecule has 6 aliphatic heterocycles. The van der Waals surface area contributed by atoms with Crippen molar-refractivity contribution in [3.8, 4) is 47.4 Å². The second kappa shape index (κ2) is 58.0. The van der Waals surface area contributed by atoms with Crippen LogP contribution in [0.5, 0.6) is 0 Å². The molecule has 15 nitrogen and oxygen atoms in total. The molecule has 794 valence electrons. The van der Waals surface area contributed by atoms with Crippen molar-refractivity contribution >= 4 is 5.78 Å². The third-order valence-electron chi connectivity index (χ3n) is 25.7. The Hall–Kier alpha value is -8.19. The fraction of sp³-hybridized carbons (Fsp3) is 0.664. The van der Waals surface area contributed by atoms with Crippen LogP contribution in [0.1, 0.15) is 410 Å². The number of carbonyl (C=O) groups is 1. The van der Waals surface area contributed by atoms with E-state index in [1.54, 1.807) is 26.4 Å². The van der Waals surface area contributed by atoms with Crippen molar-refractivity contribution in [3.05, 3.63) is 201 Å². The second-order valence-corrected chi connectivity index (χ2v) is 53.0. The molecule has 7 aliphatic rings. The minimum atomic E-state index is 0.112. The van der Waals surface area contributed by atoms with E-state index in [-0.39, 0.29) is 76.2 Å². The summed E-state index contributed by atoms with van der Waals surface area (Å²) in [6, 6.07) is 31.1. The maximum atomic E-state index is 11.0. The monoisotopic (exact) mass is 1960 g/mol. The average Bonchev–Trinajstić information content (AvgIpc) is 1.13. The topological polar surface area (TPSA) is 140 Å². The van der Waals surface area contributed by atoms with Crippen molar-refractivity contribution in [2.75, 3.05) is 99.5 Å². The number of hydrogen-bond donors (Lipinski definition) is 0. The molecule has 0 spiro atoms. The molecule has 0 unspecified atom stereocenters. The molecule has 4 aromatic heterocycles. The molecule has 0 radical (unpaired) electrons. The molecule has 143 heavy (non-hydrogen) atoms. The number of aryl methyl sites for hydroxylation is 3. The summed E-state index contributed by atoms with van der Waals surface area (Å²) in [5, 5.41) is 4.10. The molecule has 1 saturated carbocycles. The van der Waals surface area contributed by atoms with Gasteiger partial charge in [-0.15, -0.1) is 0 Å². The van der Waals surface area contributed by atoms with Crippen LogP contribution in [0.2, 0.25) is 0 Å². The van der Waals surface area contributed by atoms with Crippen LogP contribution >= 0.6 is 0 Å². The summed E-state index contributed by atoms with van der Waals surface area (Å²) in [4.78, 5) is 42.4. The zero-order valence-corrected chi connectivity index (χ0v) is 98.7. The first-order valence-corrected chi connectivity index (χ1v) is 53.9. The van der Waals surface area contributed by atoms with Gasteiger partial charge in [-0.2, -0.15) is 5.10 Å². The van der Waals surface area contributed by atoms with E-state index in [1.165, 1.54) is 175 Å². The van der Waals surface area contributed by atoms with Crippen LogP contribution in [0.15, 0.2) is 128 Å². The lowest BCUT2D eigenvalue weighted by atomic mass is 9.79. The molecule has 3 aromatic carbocycles. The van der Waals surface area contributed by atoms with Gasteiger partial charge in [0.25, 0.3) is 0 Å². The number of likely N-dealkylation sites (tertiary alicyclic amines) is 4. The highest BCUT2D eigenvalue weighted by molar-refractivity contribution is 5.94. The van der Waals surface area contributed by atoms with Gasteiger partial charge in [0, 0.05) is 119 Å². The highest BCUT2D eigenvalue weighted by atomic mass is 16.5. The van der Waals surface area contributed by atoms with Crippen LogP contribution in [0.4, 0.5) is 0 Å². The Morgan fingerprint density at radius 2 is 0.804 bits per heavy atom. The van der Waals surface area contributed by atoms with Crippen molar-refractivity contribution in [2.45, 2.75) is 409 Å². The van der Waals surface area contributed by atoms with Gasteiger partial charge in [0.15, 0.2) is 5.78 Å². The van der Waals surface area contributed by atoms with Gasteiger partial charge in [-0.25, -0.2) is 0 Å². The van der Waals surface area contributed by atoms with Crippen molar-refractivity contribution in [1.29, 1.82) is 0 Å². The lowest BCUT2D eigenvalue weighted by Gasteiger charge is -2.41. The number of benzene rings is 3.